The van der Waals surface area contributed by atoms with E-state index in [1.165, 1.54) is 16.9 Å². The van der Waals surface area contributed by atoms with Crippen LogP contribution >= 0.6 is 27.3 Å². The Kier molecular flexibility index (Phi) is 5.14. The van der Waals surface area contributed by atoms with E-state index in [1.807, 2.05) is 19.1 Å². The summed E-state index contributed by atoms with van der Waals surface area (Å²) >= 11 is 4.90. The molecule has 20 heavy (non-hydrogen) atoms. The highest BCUT2D eigenvalue weighted by Crippen LogP contribution is 2.25. The van der Waals surface area contributed by atoms with Gasteiger partial charge >= 0.3 is 6.09 Å². The predicted octanol–water partition coefficient (Wildman–Crippen LogP) is 4.37. The minimum absolute atomic E-state index is 0.349. The fraction of sp³-hybridized carbons (Fsp3) is 0.286. The molecule has 0 saturated heterocycles. The summed E-state index contributed by atoms with van der Waals surface area (Å²) in [5, 5.41) is 3.21. The maximum atomic E-state index is 11.4. The molecular formula is C14H15BrN2O2S. The molecule has 0 aliphatic carbocycles. The van der Waals surface area contributed by atoms with Gasteiger partial charge in [0.1, 0.15) is 0 Å². The van der Waals surface area contributed by atoms with Crippen molar-refractivity contribution in [3.05, 3.63) is 44.9 Å². The second-order valence-corrected chi connectivity index (χ2v) is 6.18. The second kappa shape index (κ2) is 6.85. The van der Waals surface area contributed by atoms with Gasteiger partial charge in [0, 0.05) is 15.8 Å². The lowest BCUT2D eigenvalue weighted by Gasteiger charge is -2.00. The van der Waals surface area contributed by atoms with E-state index in [9.17, 15) is 4.79 Å². The molecule has 0 fully saturated rings. The number of hydrogen-bond acceptors (Lipinski definition) is 4. The molecule has 0 unspecified atom stereocenters. The number of amides is 1. The number of benzene rings is 1. The predicted molar refractivity (Wildman–Crippen MR) is 84.4 cm³/mol. The lowest BCUT2D eigenvalue weighted by molar-refractivity contribution is 0.168. The summed E-state index contributed by atoms with van der Waals surface area (Å²) in [4.78, 5) is 16.8. The Balaban J connectivity index is 2.07. The van der Waals surface area contributed by atoms with Gasteiger partial charge in [-0.15, -0.1) is 11.3 Å². The van der Waals surface area contributed by atoms with E-state index in [-0.39, 0.29) is 0 Å². The summed E-state index contributed by atoms with van der Waals surface area (Å²) in [5.74, 6) is 0. The maximum absolute atomic E-state index is 11.4. The Hall–Kier alpha value is -1.40. The van der Waals surface area contributed by atoms with Gasteiger partial charge in [0.2, 0.25) is 0 Å². The summed E-state index contributed by atoms with van der Waals surface area (Å²) < 4.78 is 5.90. The first kappa shape index (κ1) is 15.0. The molecule has 6 heteroatoms. The number of aryl methyl sites for hydroxylation is 1. The molecule has 1 heterocycles. The van der Waals surface area contributed by atoms with E-state index in [0.29, 0.717) is 11.7 Å². The number of thiazole rings is 1. The van der Waals surface area contributed by atoms with Crippen molar-refractivity contribution in [2.24, 2.45) is 0 Å². The first-order chi connectivity index (χ1) is 9.58. The Bertz CT molecular complexity index is 596. The lowest BCUT2D eigenvalue weighted by Crippen LogP contribution is -2.12. The Morgan fingerprint density at radius 3 is 2.75 bits per heavy atom. The number of halogens is 1. The monoisotopic (exact) mass is 354 g/mol. The zero-order chi connectivity index (χ0) is 14.5. The van der Waals surface area contributed by atoms with Crippen molar-refractivity contribution < 1.29 is 9.53 Å². The van der Waals surface area contributed by atoms with Crippen LogP contribution in [0.25, 0.3) is 0 Å². The number of nitrogens with one attached hydrogen (secondary N) is 1. The van der Waals surface area contributed by atoms with E-state index in [1.54, 1.807) is 6.92 Å². The molecule has 0 saturated carbocycles. The summed E-state index contributed by atoms with van der Waals surface area (Å²) in [6.45, 7) is 4.06. The van der Waals surface area contributed by atoms with E-state index in [2.05, 4.69) is 38.4 Å². The molecule has 2 aromatic rings. The third-order valence-corrected chi connectivity index (χ3v) is 4.26. The van der Waals surface area contributed by atoms with Crippen molar-refractivity contribution in [1.82, 2.24) is 4.98 Å². The van der Waals surface area contributed by atoms with Crippen LogP contribution in [0.15, 0.2) is 28.7 Å². The number of aromatic nitrogens is 1. The number of rotatable bonds is 4. The summed E-state index contributed by atoms with van der Waals surface area (Å²) in [6.07, 6.45) is 0.345. The summed E-state index contributed by atoms with van der Waals surface area (Å²) in [6, 6.07) is 8.18. The molecule has 1 aromatic heterocycles. The number of carbonyl (C=O) groups is 1. The smallest absolute Gasteiger partial charge is 0.413 e. The summed E-state index contributed by atoms with van der Waals surface area (Å²) in [7, 11) is 0. The van der Waals surface area contributed by atoms with Crippen LogP contribution < -0.4 is 5.32 Å². The van der Waals surface area contributed by atoms with Crippen LogP contribution in [0.2, 0.25) is 0 Å². The number of nitrogens with zero attached hydrogens (tertiary/aromatic N) is 1. The van der Waals surface area contributed by atoms with Crippen LogP contribution in [0.3, 0.4) is 0 Å². The zero-order valence-corrected chi connectivity index (χ0v) is 13.7. The molecule has 0 spiro atoms. The molecular weight excluding hydrogens is 340 g/mol. The number of anilines is 1. The normalized spacial score (nSPS) is 10.3. The Labute approximate surface area is 130 Å². The fourth-order valence-electron chi connectivity index (χ4n) is 1.69. The maximum Gasteiger partial charge on any atom is 0.413 e. The number of carbonyl (C=O) groups excluding carboxylic acids is 1. The fourth-order valence-corrected chi connectivity index (χ4v) is 2.93. The Morgan fingerprint density at radius 1 is 1.40 bits per heavy atom. The lowest BCUT2D eigenvalue weighted by atomic mass is 10.1. The van der Waals surface area contributed by atoms with Crippen LogP contribution in [-0.2, 0) is 11.2 Å². The van der Waals surface area contributed by atoms with Crippen molar-refractivity contribution in [3.63, 3.8) is 0 Å². The van der Waals surface area contributed by atoms with Crippen LogP contribution in [0, 0.1) is 6.92 Å². The van der Waals surface area contributed by atoms with Crippen LogP contribution in [0.5, 0.6) is 0 Å². The Morgan fingerprint density at radius 2 is 2.10 bits per heavy atom. The highest BCUT2D eigenvalue weighted by molar-refractivity contribution is 9.10. The molecule has 1 N–H and O–H groups in total. The van der Waals surface area contributed by atoms with Crippen molar-refractivity contribution in [2.45, 2.75) is 20.3 Å². The first-order valence-corrected chi connectivity index (χ1v) is 7.84. The highest BCUT2D eigenvalue weighted by Gasteiger charge is 2.11. The average molecular weight is 355 g/mol. The van der Waals surface area contributed by atoms with Crippen molar-refractivity contribution >= 4 is 38.5 Å². The van der Waals surface area contributed by atoms with Gasteiger partial charge < -0.3 is 4.74 Å². The van der Waals surface area contributed by atoms with E-state index in [4.69, 9.17) is 4.74 Å². The van der Waals surface area contributed by atoms with E-state index < -0.39 is 6.09 Å². The minimum atomic E-state index is -0.462. The van der Waals surface area contributed by atoms with E-state index in [0.717, 1.165) is 21.5 Å². The molecule has 2 rings (SSSR count). The standard InChI is InChI=1S/C14H15BrN2O2S/c1-3-19-14(18)17-13-16-9(2)12(20-13)8-10-4-6-11(15)7-5-10/h4-7H,3,8H2,1-2H3,(H,16,17,18). The van der Waals surface area contributed by atoms with Gasteiger partial charge in [-0.2, -0.15) is 0 Å². The van der Waals surface area contributed by atoms with Crippen LogP contribution in [0.4, 0.5) is 9.93 Å². The highest BCUT2D eigenvalue weighted by atomic mass is 79.9. The molecule has 0 aliphatic heterocycles. The quantitative estimate of drug-likeness (QED) is 0.886. The zero-order valence-electron chi connectivity index (χ0n) is 11.3. The van der Waals surface area contributed by atoms with Crippen molar-refractivity contribution in [1.29, 1.82) is 0 Å². The largest absolute Gasteiger partial charge is 0.450 e. The third-order valence-electron chi connectivity index (χ3n) is 2.66. The molecule has 1 amide bonds. The van der Waals surface area contributed by atoms with Crippen LogP contribution in [-0.4, -0.2) is 17.7 Å². The van der Waals surface area contributed by atoms with Gasteiger partial charge in [-0.3, -0.25) is 5.32 Å². The van der Waals surface area contributed by atoms with E-state index >= 15 is 0 Å². The average Bonchev–Trinajstić information content (AvgIpc) is 2.72. The van der Waals surface area contributed by atoms with Gasteiger partial charge in [0.15, 0.2) is 5.13 Å². The topological polar surface area (TPSA) is 51.2 Å². The molecule has 0 aliphatic rings. The first-order valence-electron chi connectivity index (χ1n) is 6.23. The van der Waals surface area contributed by atoms with Gasteiger partial charge in [-0.1, -0.05) is 28.1 Å². The third kappa shape index (κ3) is 4.05. The van der Waals surface area contributed by atoms with Gasteiger partial charge in [-0.25, -0.2) is 9.78 Å². The summed E-state index contributed by atoms with van der Waals surface area (Å²) in [5.41, 5.74) is 2.15. The van der Waals surface area contributed by atoms with Crippen LogP contribution in [0.1, 0.15) is 23.1 Å². The molecule has 1 aromatic carbocycles. The minimum Gasteiger partial charge on any atom is -0.450 e. The number of hydrogen-bond donors (Lipinski definition) is 1. The van der Waals surface area contributed by atoms with Crippen molar-refractivity contribution in [2.75, 3.05) is 11.9 Å². The van der Waals surface area contributed by atoms with Gasteiger partial charge in [-0.05, 0) is 31.5 Å². The van der Waals surface area contributed by atoms with Gasteiger partial charge in [0.05, 0.1) is 12.3 Å². The second-order valence-electron chi connectivity index (χ2n) is 4.18. The molecule has 0 radical (unpaired) electrons. The number of ether oxygens (including phenoxy) is 1. The molecule has 4 nitrogen and oxygen atoms in total. The van der Waals surface area contributed by atoms with Gasteiger partial charge in [0.25, 0.3) is 0 Å². The molecule has 106 valence electrons. The molecule has 0 atom stereocenters. The molecule has 0 bridgehead atoms. The SMILES string of the molecule is CCOC(=O)Nc1nc(C)c(Cc2ccc(Br)cc2)s1. The van der Waals surface area contributed by atoms with Crippen molar-refractivity contribution in [3.8, 4) is 0 Å².